The average Bonchev–Trinajstić information content (AvgIpc) is 2.14. The Morgan fingerprint density at radius 1 is 1.75 bits per heavy atom. The molecule has 1 heterocycles. The quantitative estimate of drug-likeness (QED) is 0.508. The minimum Gasteiger partial charge on any atom is -0.309 e. The third-order valence-electron chi connectivity index (χ3n) is 1.22. The molecule has 1 aliphatic rings. The molecule has 0 radical (unpaired) electrons. The van der Waals surface area contributed by atoms with E-state index in [0.717, 1.165) is 6.54 Å². The van der Waals surface area contributed by atoms with Gasteiger partial charge in [0.1, 0.15) is 0 Å². The van der Waals surface area contributed by atoms with E-state index in [4.69, 9.17) is 0 Å². The normalized spacial score (nSPS) is 18.2. The molecule has 0 aromatic heterocycles. The molecule has 0 amide bonds. The highest BCUT2D eigenvalue weighted by molar-refractivity contribution is 4.97. The second-order valence-electron chi connectivity index (χ2n) is 1.79. The van der Waals surface area contributed by atoms with Crippen LogP contribution in [0.15, 0.2) is 11.9 Å². The van der Waals surface area contributed by atoms with Gasteiger partial charge in [0, 0.05) is 18.4 Å². The third kappa shape index (κ3) is 0.767. The highest BCUT2D eigenvalue weighted by Gasteiger charge is 2.04. The van der Waals surface area contributed by atoms with Crippen LogP contribution in [0.25, 0.3) is 0 Å². The van der Waals surface area contributed by atoms with Crippen molar-refractivity contribution in [2.45, 2.75) is 13.8 Å². The van der Waals surface area contributed by atoms with E-state index in [1.54, 1.807) is 0 Å². The smallest absolute Gasteiger partial charge is 0.0451 e. The molecule has 2 N–H and O–H groups in total. The van der Waals surface area contributed by atoms with Crippen LogP contribution in [0.3, 0.4) is 0 Å². The van der Waals surface area contributed by atoms with E-state index in [1.807, 2.05) is 11.2 Å². The highest BCUT2D eigenvalue weighted by Crippen LogP contribution is 1.99. The number of nitrogens with zero attached hydrogens (tertiary/aromatic N) is 1. The molecule has 8 heavy (non-hydrogen) atoms. The van der Waals surface area contributed by atoms with Crippen LogP contribution in [0.4, 0.5) is 0 Å². The van der Waals surface area contributed by atoms with Crippen LogP contribution in [0.5, 0.6) is 0 Å². The molecule has 0 unspecified atom stereocenters. The topological polar surface area (TPSA) is 27.3 Å². The fourth-order valence-corrected chi connectivity index (χ4v) is 0.709. The van der Waals surface area contributed by atoms with Crippen LogP contribution in [0, 0.1) is 0 Å². The minimum absolute atomic E-state index is 0.995. The first kappa shape index (κ1) is 5.44. The van der Waals surface area contributed by atoms with Crippen molar-refractivity contribution < 1.29 is 0 Å². The molecular weight excluding hydrogens is 102 g/mol. The van der Waals surface area contributed by atoms with E-state index in [2.05, 4.69) is 24.8 Å². The maximum atomic E-state index is 2.95. The zero-order valence-corrected chi connectivity index (χ0v) is 5.23. The molecule has 1 aliphatic heterocycles. The number of allylic oxidation sites excluding steroid dienone is 1. The molecule has 3 nitrogen and oxygen atoms in total. The Morgan fingerprint density at radius 3 is 2.75 bits per heavy atom. The van der Waals surface area contributed by atoms with Crippen LogP contribution in [-0.4, -0.2) is 11.6 Å². The predicted octanol–water partition coefficient (Wildman–Crippen LogP) is 0.192. The van der Waals surface area contributed by atoms with Crippen LogP contribution in [0.1, 0.15) is 13.8 Å². The summed E-state index contributed by atoms with van der Waals surface area (Å²) < 4.78 is 0. The molecular formula is C5H11N3. The molecule has 0 aromatic rings. The molecule has 0 aliphatic carbocycles. The number of hydrogen-bond donors (Lipinski definition) is 2. The first-order valence-electron chi connectivity index (χ1n) is 2.80. The first-order chi connectivity index (χ1) is 3.84. The first-order valence-corrected chi connectivity index (χ1v) is 2.80. The molecule has 0 spiro atoms. The van der Waals surface area contributed by atoms with E-state index in [-0.39, 0.29) is 0 Å². The molecule has 0 fully saturated rings. The Morgan fingerprint density at radius 2 is 2.50 bits per heavy atom. The monoisotopic (exact) mass is 113 g/mol. The van der Waals surface area contributed by atoms with Gasteiger partial charge in [-0.05, 0) is 13.8 Å². The molecule has 46 valence electrons. The van der Waals surface area contributed by atoms with Crippen LogP contribution >= 0.6 is 0 Å². The summed E-state index contributed by atoms with van der Waals surface area (Å²) in [6, 6.07) is 0. The van der Waals surface area contributed by atoms with Gasteiger partial charge >= 0.3 is 0 Å². The lowest BCUT2D eigenvalue weighted by Gasteiger charge is -2.15. The zero-order chi connectivity index (χ0) is 5.98. The number of nitrogens with one attached hydrogen (secondary N) is 2. The minimum atomic E-state index is 0.995. The molecule has 0 saturated heterocycles. The summed E-state index contributed by atoms with van der Waals surface area (Å²) in [5, 5.41) is 2.03. The Kier molecular flexibility index (Phi) is 1.39. The molecule has 3 heteroatoms. The standard InChI is InChI=1S/C5H11N3/c1-3-8-5(2)4-6-7-8/h4,6-7H,3H2,1-2H3. The number of hydrazine groups is 2. The van der Waals surface area contributed by atoms with Gasteiger partial charge in [0.2, 0.25) is 0 Å². The summed E-state index contributed by atoms with van der Waals surface area (Å²) in [6.45, 7) is 5.14. The van der Waals surface area contributed by atoms with Gasteiger partial charge in [-0.15, -0.1) is 5.53 Å². The van der Waals surface area contributed by atoms with Gasteiger partial charge in [-0.2, -0.15) is 0 Å². The van der Waals surface area contributed by atoms with Crippen molar-refractivity contribution in [2.75, 3.05) is 6.54 Å². The maximum absolute atomic E-state index is 2.95. The SMILES string of the molecule is CCN1NNC=C1C. The van der Waals surface area contributed by atoms with Crippen molar-refractivity contribution >= 4 is 0 Å². The fraction of sp³-hybridized carbons (Fsp3) is 0.600. The van der Waals surface area contributed by atoms with Gasteiger partial charge in [0.15, 0.2) is 0 Å². The summed E-state index contributed by atoms with van der Waals surface area (Å²) >= 11 is 0. The van der Waals surface area contributed by atoms with Crippen molar-refractivity contribution in [3.8, 4) is 0 Å². The average molecular weight is 113 g/mol. The molecule has 0 atom stereocenters. The Hall–Kier alpha value is -0.700. The summed E-state index contributed by atoms with van der Waals surface area (Å²) in [7, 11) is 0. The van der Waals surface area contributed by atoms with Crippen molar-refractivity contribution in [1.29, 1.82) is 0 Å². The van der Waals surface area contributed by atoms with Gasteiger partial charge in [-0.25, -0.2) is 0 Å². The van der Waals surface area contributed by atoms with Gasteiger partial charge in [-0.3, -0.25) is 5.01 Å². The van der Waals surface area contributed by atoms with Crippen molar-refractivity contribution in [2.24, 2.45) is 0 Å². The van der Waals surface area contributed by atoms with Crippen molar-refractivity contribution in [3.63, 3.8) is 0 Å². The maximum Gasteiger partial charge on any atom is 0.0451 e. The lowest BCUT2D eigenvalue weighted by atomic mass is 10.5. The Labute approximate surface area is 49.3 Å². The summed E-state index contributed by atoms with van der Waals surface area (Å²) in [6.07, 6.45) is 1.93. The molecule has 0 bridgehead atoms. The molecule has 0 saturated carbocycles. The zero-order valence-electron chi connectivity index (χ0n) is 5.23. The van der Waals surface area contributed by atoms with Gasteiger partial charge in [-0.1, -0.05) is 0 Å². The Balaban J connectivity index is 2.46. The van der Waals surface area contributed by atoms with Crippen LogP contribution < -0.4 is 11.0 Å². The predicted molar refractivity (Wildman–Crippen MR) is 32.4 cm³/mol. The van der Waals surface area contributed by atoms with Crippen LogP contribution in [-0.2, 0) is 0 Å². The van der Waals surface area contributed by atoms with Crippen molar-refractivity contribution in [3.05, 3.63) is 11.9 Å². The number of hydrogen-bond acceptors (Lipinski definition) is 3. The second kappa shape index (κ2) is 2.05. The Bertz CT molecular complexity index is 108. The largest absolute Gasteiger partial charge is 0.309 e. The van der Waals surface area contributed by atoms with Gasteiger partial charge < -0.3 is 5.43 Å². The summed E-state index contributed by atoms with van der Waals surface area (Å²) in [5.74, 6) is 0. The summed E-state index contributed by atoms with van der Waals surface area (Å²) in [4.78, 5) is 0. The fourth-order valence-electron chi connectivity index (χ4n) is 0.709. The lowest BCUT2D eigenvalue weighted by molar-refractivity contribution is 0.265. The number of rotatable bonds is 1. The van der Waals surface area contributed by atoms with E-state index < -0.39 is 0 Å². The summed E-state index contributed by atoms with van der Waals surface area (Å²) in [5.41, 5.74) is 7.06. The van der Waals surface area contributed by atoms with Crippen LogP contribution in [0.2, 0.25) is 0 Å². The highest BCUT2D eigenvalue weighted by atomic mass is 15.7. The molecule has 1 rings (SSSR count). The third-order valence-corrected chi connectivity index (χ3v) is 1.22. The van der Waals surface area contributed by atoms with Gasteiger partial charge in [0.05, 0.1) is 0 Å². The van der Waals surface area contributed by atoms with Crippen molar-refractivity contribution in [1.82, 2.24) is 16.0 Å². The van der Waals surface area contributed by atoms with E-state index in [1.165, 1.54) is 5.70 Å². The van der Waals surface area contributed by atoms with E-state index in [9.17, 15) is 0 Å². The second-order valence-corrected chi connectivity index (χ2v) is 1.79. The lowest BCUT2D eigenvalue weighted by Crippen LogP contribution is -2.36. The van der Waals surface area contributed by atoms with Gasteiger partial charge in [0.25, 0.3) is 0 Å². The molecule has 0 aromatic carbocycles. The van der Waals surface area contributed by atoms with E-state index >= 15 is 0 Å². The van der Waals surface area contributed by atoms with E-state index in [0.29, 0.717) is 0 Å².